The highest BCUT2D eigenvalue weighted by atomic mass is 16.8. The molecule has 99 heavy (non-hydrogen) atoms. The number of amides is 10. The third kappa shape index (κ3) is 24.2. The van der Waals surface area contributed by atoms with Gasteiger partial charge >= 0.3 is 5.97 Å². The molecule has 0 aromatic heterocycles. The molecule has 0 saturated carbocycles. The van der Waals surface area contributed by atoms with Gasteiger partial charge < -0.3 is 113 Å². The Morgan fingerprint density at radius 1 is 0.586 bits per heavy atom. The smallest absolute Gasteiger partial charge is 0.328 e. The van der Waals surface area contributed by atoms with Crippen LogP contribution in [-0.4, -0.2) is 244 Å². The van der Waals surface area contributed by atoms with Crippen molar-refractivity contribution < 1.29 is 112 Å². The Bertz CT molecular complexity index is 3150. The number of nitrogens with two attached hydrogens (primary N) is 1. The van der Waals surface area contributed by atoms with Crippen molar-refractivity contribution in [2.45, 2.75) is 191 Å². The summed E-state index contributed by atoms with van der Waals surface area (Å²) in [6.45, 7) is 10.9. The van der Waals surface area contributed by atoms with Gasteiger partial charge in [0.2, 0.25) is 59.1 Å². The number of benzene rings is 2. The van der Waals surface area contributed by atoms with Gasteiger partial charge in [-0.3, -0.25) is 47.9 Å². The van der Waals surface area contributed by atoms with E-state index in [4.69, 9.17) is 29.4 Å². The molecule has 3 aliphatic heterocycles. The van der Waals surface area contributed by atoms with E-state index in [1.807, 2.05) is 0 Å². The highest BCUT2D eigenvalue weighted by molar-refractivity contribution is 6.00. The van der Waals surface area contributed by atoms with E-state index in [2.05, 4.69) is 47.9 Å². The topological polar surface area (TPSA) is 510 Å². The molecular formula is C66H96N10O23. The van der Waals surface area contributed by atoms with Gasteiger partial charge in [-0.25, -0.2) is 4.79 Å². The summed E-state index contributed by atoms with van der Waals surface area (Å²) in [4.78, 5) is 153. The maximum atomic E-state index is 14.8. The van der Waals surface area contributed by atoms with Gasteiger partial charge in [0.15, 0.2) is 12.6 Å². The van der Waals surface area contributed by atoms with Crippen LogP contribution in [-0.2, 0) is 82.8 Å². The molecule has 33 nitrogen and oxygen atoms in total. The zero-order valence-electron chi connectivity index (χ0n) is 56.6. The second-order valence-electron chi connectivity index (χ2n) is 25.7. The second-order valence-corrected chi connectivity index (χ2v) is 25.7. The number of primary amides is 1. The summed E-state index contributed by atoms with van der Waals surface area (Å²) in [6, 6.07) is 4.09. The fourth-order valence-corrected chi connectivity index (χ4v) is 10.7. The number of esters is 1. The number of hydrogen-bond donors (Lipinski definition) is 17. The minimum Gasteiger partial charge on any atom is -0.458 e. The Morgan fingerprint density at radius 3 is 1.68 bits per heavy atom. The first-order valence-corrected chi connectivity index (χ1v) is 32.6. The normalized spacial score (nSPS) is 30.5. The zero-order valence-corrected chi connectivity index (χ0v) is 56.6. The second kappa shape index (κ2) is 38.9. The molecule has 10 amide bonds. The van der Waals surface area contributed by atoms with Crippen LogP contribution in [0.4, 0.5) is 0 Å². The van der Waals surface area contributed by atoms with Gasteiger partial charge in [-0.2, -0.15) is 0 Å². The minimum atomic E-state index is -1.94. The van der Waals surface area contributed by atoms with E-state index in [0.717, 1.165) is 6.08 Å². The van der Waals surface area contributed by atoms with E-state index < -0.39 is 225 Å². The molecule has 0 aliphatic carbocycles. The summed E-state index contributed by atoms with van der Waals surface area (Å²) >= 11 is 0. The molecule has 3 aliphatic rings. The van der Waals surface area contributed by atoms with Gasteiger partial charge in [0.1, 0.15) is 97.2 Å². The Balaban J connectivity index is 1.48. The fraction of sp³-hybridized carbons (Fsp3) is 0.591. The first-order valence-electron chi connectivity index (χ1n) is 32.6. The number of carbonyl (C=O) groups is 11. The third-order valence-electron chi connectivity index (χ3n) is 16.3. The molecule has 548 valence electrons. The molecule has 33 heteroatoms. The van der Waals surface area contributed by atoms with Crippen LogP contribution in [0, 0.1) is 23.7 Å². The molecule has 3 saturated heterocycles. The Morgan fingerprint density at radius 2 is 1.10 bits per heavy atom. The zero-order chi connectivity index (χ0) is 73.5. The largest absolute Gasteiger partial charge is 0.458 e. The van der Waals surface area contributed by atoms with Gasteiger partial charge in [0, 0.05) is 12.5 Å². The minimum absolute atomic E-state index is 0.0736. The van der Waals surface area contributed by atoms with Gasteiger partial charge in [-0.1, -0.05) is 122 Å². The van der Waals surface area contributed by atoms with Crippen molar-refractivity contribution in [3.63, 3.8) is 0 Å². The van der Waals surface area contributed by atoms with Crippen molar-refractivity contribution in [2.75, 3.05) is 32.9 Å². The number of nitrogens with one attached hydrogen (secondary N) is 9. The van der Waals surface area contributed by atoms with Crippen molar-refractivity contribution >= 4 is 77.2 Å². The van der Waals surface area contributed by atoms with Gasteiger partial charge in [0.25, 0.3) is 0 Å². The van der Waals surface area contributed by atoms with E-state index in [1.165, 1.54) is 25.2 Å². The number of rotatable bonds is 20. The fourth-order valence-electron chi connectivity index (χ4n) is 10.7. The van der Waals surface area contributed by atoms with Crippen LogP contribution in [0.3, 0.4) is 0 Å². The summed E-state index contributed by atoms with van der Waals surface area (Å²) in [5.41, 5.74) is 7.01. The van der Waals surface area contributed by atoms with E-state index in [-0.39, 0.29) is 25.4 Å². The van der Waals surface area contributed by atoms with E-state index >= 15 is 0 Å². The summed E-state index contributed by atoms with van der Waals surface area (Å²) in [5, 5.41) is 95.3. The molecular weight excluding hydrogens is 1300 g/mol. The molecule has 18 N–H and O–H groups in total. The number of hydrogen-bond acceptors (Lipinski definition) is 23. The van der Waals surface area contributed by atoms with E-state index in [0.29, 0.717) is 16.7 Å². The average Bonchev–Trinajstić information content (AvgIpc) is 0.786. The van der Waals surface area contributed by atoms with Gasteiger partial charge in [0.05, 0.1) is 39.3 Å². The summed E-state index contributed by atoms with van der Waals surface area (Å²) in [5.74, 6) is -13.0. The van der Waals surface area contributed by atoms with E-state index in [1.54, 1.807) is 110 Å². The van der Waals surface area contributed by atoms with Crippen LogP contribution in [0.15, 0.2) is 66.7 Å². The maximum absolute atomic E-state index is 14.8. The van der Waals surface area contributed by atoms with Gasteiger partial charge in [-0.05, 0) is 59.8 Å². The standard InChI is InChI=1S/C66H96N10O23/c1-31(2)24-41-64(94)96-35(9)51(73-45(80)22-21-38-19-14-13-18-37(38)20-15-23-95-66-57(55(86)53(84)43(30-78)98-66)99-65-56(87)54(85)52(83)42(29-77)97-65)63(93)71-40(26-44(67)79)59(89)76-50(34(7)8)62(92)70-39(25-36-16-11-10-12-17-36)58(88)75-48(32(3)4)60(90)69-27-46(81)68-28-47(82)74-49(33(5)6)61(91)72-41/h10-22,31-35,39-43,48-57,65-66,77-78,83-87H,23-30H2,1-9H3,(H2,67,79)(H,68,81)(H,69,90)(H,70,92)(H,71,93)(H,72,91)(H,73,80)(H,74,82)(H,75,88)(H,76,89)/b20-15+,22-21+/t35-,39+,40-,41+,42-,43-,48-,49-,50-,51-,52-,53-,54?,55+,56-,57-,65+,66-/m1/s1. The Hall–Kier alpha value is -8.35. The molecule has 0 radical (unpaired) electrons. The SMILES string of the molecule is CC(C)C[C@@H]1NC(=O)[C@@H](C(C)C)NC(=O)CNC(=O)CNC(=O)[C@@H](C(C)C)NC(=O)[C@H](Cc2ccccc2)NC(=O)[C@@H](C(C)C)NC(=O)[C@@H](CC(N)=O)NC(=O)[C@H](NC(=O)/C=C/c2ccccc2/C=C/CO[C@@H]2O[C@H](CO)[C@@H](O)[C@H](O)[C@H]2O[C@@H]2O[C@H](CO)[C@@H](O)C(O)[C@H]2O)[C@@H](C)OC1=O. The van der Waals surface area contributed by atoms with Crippen molar-refractivity contribution in [1.29, 1.82) is 0 Å². The predicted molar refractivity (Wildman–Crippen MR) is 350 cm³/mol. The number of aliphatic hydroxyl groups excluding tert-OH is 7. The molecule has 2 aromatic rings. The molecule has 3 heterocycles. The first kappa shape index (κ1) is 81.3. The Labute approximate surface area is 572 Å². The number of aliphatic hydroxyl groups is 7. The number of carbonyl (C=O) groups excluding carboxylic acids is 11. The monoisotopic (exact) mass is 1400 g/mol. The third-order valence-corrected chi connectivity index (χ3v) is 16.3. The Kier molecular flexibility index (Phi) is 31.9. The molecule has 2 aromatic carbocycles. The quantitative estimate of drug-likeness (QED) is 0.0436. The first-order chi connectivity index (χ1) is 46.7. The van der Waals surface area contributed by atoms with Crippen molar-refractivity contribution in [3.8, 4) is 0 Å². The molecule has 5 rings (SSSR count). The molecule has 3 fully saturated rings. The molecule has 0 spiro atoms. The van der Waals surface area contributed by atoms with Crippen LogP contribution < -0.4 is 53.6 Å². The molecule has 1 unspecified atom stereocenters. The summed E-state index contributed by atoms with van der Waals surface area (Å²) < 4.78 is 28.5. The predicted octanol–water partition coefficient (Wildman–Crippen LogP) is -4.94. The average molecular weight is 1400 g/mol. The van der Waals surface area contributed by atoms with Crippen LogP contribution in [0.2, 0.25) is 0 Å². The lowest BCUT2D eigenvalue weighted by molar-refractivity contribution is -0.366. The molecule has 0 bridgehead atoms. The number of cyclic esters (lactones) is 1. The van der Waals surface area contributed by atoms with Crippen LogP contribution in [0.25, 0.3) is 12.2 Å². The van der Waals surface area contributed by atoms with Crippen LogP contribution in [0.5, 0.6) is 0 Å². The van der Waals surface area contributed by atoms with Gasteiger partial charge in [-0.15, -0.1) is 0 Å². The maximum Gasteiger partial charge on any atom is 0.328 e. The van der Waals surface area contributed by atoms with Crippen molar-refractivity contribution in [3.05, 3.63) is 83.4 Å². The van der Waals surface area contributed by atoms with Crippen LogP contribution >= 0.6 is 0 Å². The summed E-state index contributed by atoms with van der Waals surface area (Å²) in [7, 11) is 0. The lowest BCUT2D eigenvalue weighted by Crippen LogP contribution is -2.64. The summed E-state index contributed by atoms with van der Waals surface area (Å²) in [6.07, 6.45) is -14.4. The molecule has 18 atom stereocenters. The number of ether oxygens (including phenoxy) is 5. The highest BCUT2D eigenvalue weighted by Crippen LogP contribution is 2.30. The van der Waals surface area contributed by atoms with Crippen LogP contribution in [0.1, 0.15) is 91.8 Å². The lowest BCUT2D eigenvalue weighted by Gasteiger charge is -2.45. The lowest BCUT2D eigenvalue weighted by atomic mass is 9.97. The van der Waals surface area contributed by atoms with Crippen molar-refractivity contribution in [1.82, 2.24) is 47.9 Å². The van der Waals surface area contributed by atoms with E-state index in [9.17, 15) is 88.5 Å². The van der Waals surface area contributed by atoms with Crippen molar-refractivity contribution in [2.24, 2.45) is 29.4 Å². The highest BCUT2D eigenvalue weighted by Gasteiger charge is 2.51.